The van der Waals surface area contributed by atoms with Crippen LogP contribution in [0.3, 0.4) is 0 Å². The third-order valence-corrected chi connectivity index (χ3v) is 3.29. The van der Waals surface area contributed by atoms with Crippen LogP contribution < -0.4 is 10.1 Å². The second kappa shape index (κ2) is 8.12. The minimum Gasteiger partial charge on any atom is -0.477 e. The maximum Gasteiger partial charge on any atom is 0.346 e. The average Bonchev–Trinajstić information content (AvgIpc) is 2.45. The maximum absolute atomic E-state index is 11.3. The molecule has 0 aliphatic heterocycles. The average molecular weight is 300 g/mol. The van der Waals surface area contributed by atoms with Crippen LogP contribution in [0.2, 0.25) is 5.02 Å². The van der Waals surface area contributed by atoms with Crippen molar-refractivity contribution in [2.45, 2.75) is 39.3 Å². The van der Waals surface area contributed by atoms with Crippen LogP contribution in [0.5, 0.6) is 5.75 Å². The SMILES string of the molecule is CCCNC(C)c1ccc(OC(C)C(=O)OC)c(Cl)c1. The highest BCUT2D eigenvalue weighted by Gasteiger charge is 2.17. The molecule has 0 aliphatic rings. The summed E-state index contributed by atoms with van der Waals surface area (Å²) in [7, 11) is 1.33. The fourth-order valence-electron chi connectivity index (χ4n) is 1.77. The van der Waals surface area contributed by atoms with Crippen LogP contribution >= 0.6 is 11.6 Å². The van der Waals surface area contributed by atoms with Crippen molar-refractivity contribution in [1.29, 1.82) is 0 Å². The van der Waals surface area contributed by atoms with Gasteiger partial charge in [-0.3, -0.25) is 0 Å². The normalized spacial score (nSPS) is 13.7. The summed E-state index contributed by atoms with van der Waals surface area (Å²) in [6.45, 7) is 6.79. The predicted octanol–water partition coefficient (Wildman–Crippen LogP) is 3.34. The van der Waals surface area contributed by atoms with E-state index in [2.05, 4.69) is 23.9 Å². The smallest absolute Gasteiger partial charge is 0.346 e. The molecular formula is C15H22ClNO3. The largest absolute Gasteiger partial charge is 0.477 e. The zero-order chi connectivity index (χ0) is 15.1. The van der Waals surface area contributed by atoms with Crippen LogP contribution in [0.1, 0.15) is 38.8 Å². The minimum atomic E-state index is -0.681. The zero-order valence-electron chi connectivity index (χ0n) is 12.4. The molecule has 0 saturated heterocycles. The number of nitrogens with one attached hydrogen (secondary N) is 1. The number of hydrogen-bond acceptors (Lipinski definition) is 4. The van der Waals surface area contributed by atoms with Crippen LogP contribution in [-0.4, -0.2) is 25.7 Å². The van der Waals surface area contributed by atoms with Gasteiger partial charge in [-0.1, -0.05) is 24.6 Å². The van der Waals surface area contributed by atoms with Gasteiger partial charge in [-0.25, -0.2) is 4.79 Å². The standard InChI is InChI=1S/C15H22ClNO3/c1-5-8-17-10(2)12-6-7-14(13(16)9-12)20-11(3)15(18)19-4/h6-7,9-11,17H,5,8H2,1-4H3. The molecule has 0 radical (unpaired) electrons. The van der Waals surface area contributed by atoms with E-state index in [1.54, 1.807) is 13.0 Å². The lowest BCUT2D eigenvalue weighted by molar-refractivity contribution is -0.147. The van der Waals surface area contributed by atoms with Crippen molar-refractivity contribution in [3.8, 4) is 5.75 Å². The Morgan fingerprint density at radius 2 is 2.10 bits per heavy atom. The molecule has 5 heteroatoms. The maximum atomic E-state index is 11.3. The van der Waals surface area contributed by atoms with Crippen molar-refractivity contribution in [1.82, 2.24) is 5.32 Å². The highest BCUT2D eigenvalue weighted by molar-refractivity contribution is 6.32. The summed E-state index contributed by atoms with van der Waals surface area (Å²) in [5.41, 5.74) is 1.08. The molecule has 1 aromatic carbocycles. The molecule has 2 unspecified atom stereocenters. The molecule has 20 heavy (non-hydrogen) atoms. The van der Waals surface area contributed by atoms with Crippen molar-refractivity contribution in [2.75, 3.05) is 13.7 Å². The van der Waals surface area contributed by atoms with Crippen molar-refractivity contribution in [2.24, 2.45) is 0 Å². The molecule has 0 saturated carbocycles. The van der Waals surface area contributed by atoms with Crippen LogP contribution in [0, 0.1) is 0 Å². The highest BCUT2D eigenvalue weighted by Crippen LogP contribution is 2.28. The first-order chi connectivity index (χ1) is 9.49. The molecule has 1 rings (SSSR count). The Kier molecular flexibility index (Phi) is 6.82. The molecule has 0 amide bonds. The van der Waals surface area contributed by atoms with Crippen molar-refractivity contribution in [3.63, 3.8) is 0 Å². The summed E-state index contributed by atoms with van der Waals surface area (Å²) in [6.07, 6.45) is 0.398. The highest BCUT2D eigenvalue weighted by atomic mass is 35.5. The fraction of sp³-hybridized carbons (Fsp3) is 0.533. The Hall–Kier alpha value is -1.26. The molecule has 0 bridgehead atoms. The third-order valence-electron chi connectivity index (χ3n) is 2.99. The summed E-state index contributed by atoms with van der Waals surface area (Å²) in [5.74, 6) is 0.0548. The van der Waals surface area contributed by atoms with Gasteiger partial charge in [-0.15, -0.1) is 0 Å². The second-order valence-corrected chi connectivity index (χ2v) is 5.06. The number of hydrogen-bond donors (Lipinski definition) is 1. The molecule has 1 N–H and O–H groups in total. The van der Waals surface area contributed by atoms with Gasteiger partial charge in [-0.05, 0) is 44.5 Å². The molecule has 1 aromatic rings. The Balaban J connectivity index is 2.75. The molecule has 0 heterocycles. The number of ether oxygens (including phenoxy) is 2. The van der Waals surface area contributed by atoms with Gasteiger partial charge in [0.25, 0.3) is 0 Å². The molecule has 0 aromatic heterocycles. The zero-order valence-corrected chi connectivity index (χ0v) is 13.2. The third kappa shape index (κ3) is 4.69. The number of halogens is 1. The molecule has 0 aliphatic carbocycles. The first kappa shape index (κ1) is 16.8. The first-order valence-electron chi connectivity index (χ1n) is 6.76. The number of benzene rings is 1. The monoisotopic (exact) mass is 299 g/mol. The minimum absolute atomic E-state index is 0.222. The molecular weight excluding hydrogens is 278 g/mol. The second-order valence-electron chi connectivity index (χ2n) is 4.65. The molecule has 0 spiro atoms. The summed E-state index contributed by atoms with van der Waals surface area (Å²) >= 11 is 6.19. The molecule has 4 nitrogen and oxygen atoms in total. The van der Waals surface area contributed by atoms with E-state index >= 15 is 0 Å². The van der Waals surface area contributed by atoms with Gasteiger partial charge >= 0.3 is 5.97 Å². The van der Waals surface area contributed by atoms with Gasteiger partial charge in [0.1, 0.15) is 5.75 Å². The van der Waals surface area contributed by atoms with E-state index in [4.69, 9.17) is 16.3 Å². The van der Waals surface area contributed by atoms with Crippen molar-refractivity contribution in [3.05, 3.63) is 28.8 Å². The fourth-order valence-corrected chi connectivity index (χ4v) is 2.00. The molecule has 2 atom stereocenters. The Morgan fingerprint density at radius 1 is 1.40 bits per heavy atom. The number of carbonyl (C=O) groups excluding carboxylic acids is 1. The van der Waals surface area contributed by atoms with Crippen molar-refractivity contribution < 1.29 is 14.3 Å². The molecule has 0 fully saturated rings. The van der Waals surface area contributed by atoms with Gasteiger partial charge in [0.2, 0.25) is 0 Å². The van der Waals surface area contributed by atoms with Crippen LogP contribution in [0.15, 0.2) is 18.2 Å². The number of esters is 1. The lowest BCUT2D eigenvalue weighted by Crippen LogP contribution is -2.25. The quantitative estimate of drug-likeness (QED) is 0.785. The summed E-state index contributed by atoms with van der Waals surface area (Å²) < 4.78 is 10.1. The van der Waals surface area contributed by atoms with Crippen molar-refractivity contribution >= 4 is 17.6 Å². The topological polar surface area (TPSA) is 47.6 Å². The van der Waals surface area contributed by atoms with E-state index in [0.29, 0.717) is 10.8 Å². The first-order valence-corrected chi connectivity index (χ1v) is 7.14. The van der Waals surface area contributed by atoms with Crippen LogP contribution in [-0.2, 0) is 9.53 Å². The Morgan fingerprint density at radius 3 is 2.65 bits per heavy atom. The van der Waals surface area contributed by atoms with E-state index in [1.807, 2.05) is 12.1 Å². The van der Waals surface area contributed by atoms with E-state index in [-0.39, 0.29) is 6.04 Å². The van der Waals surface area contributed by atoms with Crippen LogP contribution in [0.25, 0.3) is 0 Å². The summed E-state index contributed by atoms with van der Waals surface area (Å²) in [6, 6.07) is 5.80. The van der Waals surface area contributed by atoms with E-state index < -0.39 is 12.1 Å². The summed E-state index contributed by atoms with van der Waals surface area (Å²) in [5, 5.41) is 3.88. The van der Waals surface area contributed by atoms with Gasteiger partial charge in [-0.2, -0.15) is 0 Å². The van der Waals surface area contributed by atoms with E-state index in [1.165, 1.54) is 7.11 Å². The lowest BCUT2D eigenvalue weighted by atomic mass is 10.1. The Bertz CT molecular complexity index is 451. The number of carbonyl (C=O) groups is 1. The summed E-state index contributed by atoms with van der Waals surface area (Å²) in [4.78, 5) is 11.3. The van der Waals surface area contributed by atoms with Gasteiger partial charge < -0.3 is 14.8 Å². The van der Waals surface area contributed by atoms with Gasteiger partial charge in [0.15, 0.2) is 6.10 Å². The molecule has 112 valence electrons. The van der Waals surface area contributed by atoms with E-state index in [0.717, 1.165) is 18.5 Å². The number of rotatable bonds is 7. The number of methoxy groups -OCH3 is 1. The lowest BCUT2D eigenvalue weighted by Gasteiger charge is -2.17. The van der Waals surface area contributed by atoms with Gasteiger partial charge in [0.05, 0.1) is 12.1 Å². The van der Waals surface area contributed by atoms with E-state index in [9.17, 15) is 4.79 Å². The Labute approximate surface area is 125 Å². The van der Waals surface area contributed by atoms with Gasteiger partial charge in [0, 0.05) is 6.04 Å². The predicted molar refractivity (Wildman–Crippen MR) is 80.3 cm³/mol. The van der Waals surface area contributed by atoms with Crippen LogP contribution in [0.4, 0.5) is 0 Å².